The van der Waals surface area contributed by atoms with Crippen LogP contribution in [0, 0.1) is 5.41 Å². The van der Waals surface area contributed by atoms with E-state index in [2.05, 4.69) is 45.1 Å². The topological polar surface area (TPSA) is 0 Å². The molecule has 0 saturated carbocycles. The molecule has 1 aromatic rings. The van der Waals surface area contributed by atoms with Gasteiger partial charge in [0.05, 0.1) is 0 Å². The first-order valence-corrected chi connectivity index (χ1v) is 7.93. The summed E-state index contributed by atoms with van der Waals surface area (Å²) in [5.74, 6) is 0.690. The third-order valence-electron chi connectivity index (χ3n) is 4.77. The Morgan fingerprint density at radius 1 is 1.11 bits per heavy atom. The first kappa shape index (κ1) is 13.0. The van der Waals surface area contributed by atoms with E-state index in [1.54, 1.807) is 16.7 Å². The zero-order valence-electron chi connectivity index (χ0n) is 12.6. The van der Waals surface area contributed by atoms with Crippen LogP contribution >= 0.6 is 0 Å². The van der Waals surface area contributed by atoms with Crippen LogP contribution in [-0.2, 0) is 12.8 Å². The van der Waals surface area contributed by atoms with Crippen molar-refractivity contribution in [3.05, 3.63) is 40.5 Å². The fourth-order valence-corrected chi connectivity index (χ4v) is 3.81. The molecule has 0 saturated heterocycles. The summed E-state index contributed by atoms with van der Waals surface area (Å²) in [6, 6.07) is 4.99. The van der Waals surface area contributed by atoms with E-state index in [9.17, 15) is 0 Å². The Bertz CT molecular complexity index is 505. The van der Waals surface area contributed by atoms with Crippen molar-refractivity contribution in [3.63, 3.8) is 0 Å². The highest BCUT2D eigenvalue weighted by Gasteiger charge is 2.30. The predicted molar refractivity (Wildman–Crippen MR) is 83.5 cm³/mol. The van der Waals surface area contributed by atoms with Gasteiger partial charge in [0.1, 0.15) is 0 Å². The van der Waals surface area contributed by atoms with Crippen molar-refractivity contribution < 1.29 is 0 Å². The standard InChI is InChI=1S/C19H26/c1-4-5-6-7-14-8-9-15-10-16-12-19(2,3)13-17(16)11-18(14)15/h8-11,14H,4-7,12-13H2,1-3H3. The van der Waals surface area contributed by atoms with Gasteiger partial charge in [-0.25, -0.2) is 0 Å². The molecule has 2 aliphatic rings. The van der Waals surface area contributed by atoms with Crippen molar-refractivity contribution in [3.8, 4) is 0 Å². The Morgan fingerprint density at radius 2 is 1.84 bits per heavy atom. The summed E-state index contributed by atoms with van der Waals surface area (Å²) in [5, 5.41) is 0. The average molecular weight is 254 g/mol. The fourth-order valence-electron chi connectivity index (χ4n) is 3.81. The first-order chi connectivity index (χ1) is 9.09. The Kier molecular flexibility index (Phi) is 3.28. The lowest BCUT2D eigenvalue weighted by Crippen LogP contribution is -2.09. The van der Waals surface area contributed by atoms with Gasteiger partial charge in [0.25, 0.3) is 0 Å². The van der Waals surface area contributed by atoms with Gasteiger partial charge in [0.15, 0.2) is 0 Å². The maximum atomic E-state index is 2.52. The van der Waals surface area contributed by atoms with Crippen molar-refractivity contribution in [2.75, 3.05) is 0 Å². The summed E-state index contributed by atoms with van der Waals surface area (Å²) < 4.78 is 0. The molecule has 1 atom stereocenters. The van der Waals surface area contributed by atoms with Gasteiger partial charge in [0, 0.05) is 5.92 Å². The van der Waals surface area contributed by atoms with Gasteiger partial charge in [-0.2, -0.15) is 0 Å². The molecule has 0 spiro atoms. The van der Waals surface area contributed by atoms with Crippen molar-refractivity contribution in [1.82, 2.24) is 0 Å². The van der Waals surface area contributed by atoms with E-state index in [1.165, 1.54) is 44.1 Å². The molecule has 2 aliphatic carbocycles. The van der Waals surface area contributed by atoms with Crippen molar-refractivity contribution in [2.24, 2.45) is 5.41 Å². The van der Waals surface area contributed by atoms with E-state index in [4.69, 9.17) is 0 Å². The van der Waals surface area contributed by atoms with Gasteiger partial charge < -0.3 is 0 Å². The molecule has 0 aromatic heterocycles. The first-order valence-electron chi connectivity index (χ1n) is 7.93. The second-order valence-corrected chi connectivity index (χ2v) is 7.23. The zero-order chi connectivity index (χ0) is 13.5. The lowest BCUT2D eigenvalue weighted by Gasteiger charge is -2.14. The lowest BCUT2D eigenvalue weighted by atomic mass is 9.90. The van der Waals surface area contributed by atoms with Crippen molar-refractivity contribution >= 4 is 6.08 Å². The maximum absolute atomic E-state index is 2.52. The van der Waals surface area contributed by atoms with E-state index < -0.39 is 0 Å². The summed E-state index contributed by atoms with van der Waals surface area (Å²) in [4.78, 5) is 0. The van der Waals surface area contributed by atoms with Gasteiger partial charge in [0.2, 0.25) is 0 Å². The van der Waals surface area contributed by atoms with E-state index in [0.717, 1.165) is 0 Å². The monoisotopic (exact) mass is 254 g/mol. The highest BCUT2D eigenvalue weighted by molar-refractivity contribution is 5.65. The number of unbranched alkanes of at least 4 members (excludes halogenated alkanes) is 2. The number of rotatable bonds is 4. The molecule has 3 rings (SSSR count). The van der Waals surface area contributed by atoms with Crippen molar-refractivity contribution in [1.29, 1.82) is 0 Å². The third-order valence-corrected chi connectivity index (χ3v) is 4.77. The molecule has 0 amide bonds. The quantitative estimate of drug-likeness (QED) is 0.622. The summed E-state index contributed by atoms with van der Waals surface area (Å²) >= 11 is 0. The summed E-state index contributed by atoms with van der Waals surface area (Å²) in [5.41, 5.74) is 6.79. The lowest BCUT2D eigenvalue weighted by molar-refractivity contribution is 0.392. The number of allylic oxidation sites excluding steroid dienone is 1. The van der Waals surface area contributed by atoms with Crippen LogP contribution in [-0.4, -0.2) is 0 Å². The Morgan fingerprint density at radius 3 is 2.58 bits per heavy atom. The summed E-state index contributed by atoms with van der Waals surface area (Å²) in [6.07, 6.45) is 12.7. The van der Waals surface area contributed by atoms with Crippen LogP contribution in [0.1, 0.15) is 74.6 Å². The maximum Gasteiger partial charge on any atom is 0.00273 e. The largest absolute Gasteiger partial charge is 0.0764 e. The zero-order valence-corrected chi connectivity index (χ0v) is 12.6. The molecule has 0 nitrogen and oxygen atoms in total. The molecule has 0 bridgehead atoms. The molecule has 102 valence electrons. The number of hydrogen-bond donors (Lipinski definition) is 0. The van der Waals surface area contributed by atoms with Gasteiger partial charge in [-0.05, 0) is 46.9 Å². The molecule has 1 aromatic carbocycles. The van der Waals surface area contributed by atoms with E-state index in [1.807, 2.05) is 0 Å². The summed E-state index contributed by atoms with van der Waals surface area (Å²) in [6.45, 7) is 7.08. The normalized spacial score (nSPS) is 22.6. The highest BCUT2D eigenvalue weighted by Crippen LogP contribution is 2.42. The van der Waals surface area contributed by atoms with Crippen LogP contribution in [0.2, 0.25) is 0 Å². The number of fused-ring (bicyclic) bond motifs is 2. The summed E-state index contributed by atoms with van der Waals surface area (Å²) in [7, 11) is 0. The molecule has 19 heavy (non-hydrogen) atoms. The molecule has 1 unspecified atom stereocenters. The Labute approximate surface area is 117 Å². The molecular weight excluding hydrogens is 228 g/mol. The van der Waals surface area contributed by atoms with Gasteiger partial charge in [-0.3, -0.25) is 0 Å². The molecule has 0 N–H and O–H groups in total. The van der Waals surface area contributed by atoms with Gasteiger partial charge >= 0.3 is 0 Å². The minimum atomic E-state index is 0.471. The fraction of sp³-hybridized carbons (Fsp3) is 0.579. The minimum Gasteiger partial charge on any atom is -0.0764 e. The SMILES string of the molecule is CCCCCC1C=Cc2cc3c(cc21)CC(C)(C)C3. The predicted octanol–water partition coefficient (Wildman–Crippen LogP) is 5.50. The van der Waals surface area contributed by atoms with Gasteiger partial charge in [-0.15, -0.1) is 0 Å². The van der Waals surface area contributed by atoms with Crippen LogP contribution in [0.15, 0.2) is 18.2 Å². The molecule has 0 radical (unpaired) electrons. The number of hydrogen-bond acceptors (Lipinski definition) is 0. The minimum absolute atomic E-state index is 0.471. The van der Waals surface area contributed by atoms with Crippen LogP contribution in [0.5, 0.6) is 0 Å². The average Bonchev–Trinajstić information content (AvgIpc) is 2.85. The smallest absolute Gasteiger partial charge is 0.00273 e. The number of benzene rings is 1. The van der Waals surface area contributed by atoms with Crippen molar-refractivity contribution in [2.45, 2.75) is 65.2 Å². The van der Waals surface area contributed by atoms with Gasteiger partial charge in [-0.1, -0.05) is 64.3 Å². The molecule has 0 heterocycles. The second-order valence-electron chi connectivity index (χ2n) is 7.23. The van der Waals surface area contributed by atoms with E-state index in [-0.39, 0.29) is 0 Å². The third kappa shape index (κ3) is 2.50. The molecule has 0 heteroatoms. The second kappa shape index (κ2) is 4.81. The van der Waals surface area contributed by atoms with E-state index in [0.29, 0.717) is 11.3 Å². The highest BCUT2D eigenvalue weighted by atomic mass is 14.3. The Balaban J connectivity index is 1.81. The van der Waals surface area contributed by atoms with Crippen LogP contribution in [0.4, 0.5) is 0 Å². The van der Waals surface area contributed by atoms with E-state index >= 15 is 0 Å². The molecule has 0 fully saturated rings. The van der Waals surface area contributed by atoms with Crippen LogP contribution < -0.4 is 0 Å². The molecule has 0 aliphatic heterocycles. The molecular formula is C19H26. The van der Waals surface area contributed by atoms with Crippen LogP contribution in [0.3, 0.4) is 0 Å². The Hall–Kier alpha value is -1.04. The van der Waals surface area contributed by atoms with Crippen LogP contribution in [0.25, 0.3) is 6.08 Å².